The van der Waals surface area contributed by atoms with Gasteiger partial charge in [-0.15, -0.1) is 0 Å². The average Bonchev–Trinajstić information content (AvgIpc) is 2.80. The molecule has 2 saturated heterocycles. The zero-order chi connectivity index (χ0) is 20.8. The Labute approximate surface area is 175 Å². The lowest BCUT2D eigenvalue weighted by molar-refractivity contribution is -0.124. The summed E-state index contributed by atoms with van der Waals surface area (Å²) in [5.41, 5.74) is 0.797. The smallest absolute Gasteiger partial charge is 0.230 e. The second-order valence-electron chi connectivity index (χ2n) is 7.63. The molecule has 0 bridgehead atoms. The topological polar surface area (TPSA) is 102 Å². The minimum atomic E-state index is -0.202. The zero-order valence-corrected chi connectivity index (χ0v) is 16.8. The van der Waals surface area contributed by atoms with Gasteiger partial charge >= 0.3 is 0 Å². The Bertz CT molecular complexity index is 828. The van der Waals surface area contributed by atoms with Crippen molar-refractivity contribution in [2.45, 2.75) is 25.7 Å². The largest absolute Gasteiger partial charge is 0.381 e. The predicted octanol–water partition coefficient (Wildman–Crippen LogP) is 2.87. The minimum absolute atomic E-state index is 0.134. The molecule has 2 aromatic rings. The first kappa shape index (κ1) is 20.4. The summed E-state index contributed by atoms with van der Waals surface area (Å²) in [6.45, 7) is 2.20. The number of rotatable bonds is 5. The number of carbonyl (C=O) groups excluding carboxylic acids is 2. The molecule has 0 aliphatic carbocycles. The first-order chi connectivity index (χ1) is 14.7. The molecule has 1 aromatic heterocycles. The van der Waals surface area contributed by atoms with Crippen molar-refractivity contribution in [1.29, 1.82) is 0 Å². The fourth-order valence-corrected chi connectivity index (χ4v) is 3.64. The molecule has 0 unspecified atom stereocenters. The summed E-state index contributed by atoms with van der Waals surface area (Å²) in [5.74, 6) is 0.473. The highest BCUT2D eigenvalue weighted by atomic mass is 16.5. The quantitative estimate of drug-likeness (QED) is 0.786. The third-order valence-corrected chi connectivity index (χ3v) is 5.32. The van der Waals surface area contributed by atoms with Gasteiger partial charge in [0.15, 0.2) is 5.82 Å². The Morgan fingerprint density at radius 2 is 1.37 bits per heavy atom. The monoisotopic (exact) mass is 410 g/mol. The highest BCUT2D eigenvalue weighted by Gasteiger charge is 2.24. The van der Waals surface area contributed by atoms with E-state index in [1.807, 2.05) is 30.3 Å². The van der Waals surface area contributed by atoms with Crippen LogP contribution < -0.4 is 10.6 Å². The Hall–Kier alpha value is -2.84. The maximum absolute atomic E-state index is 12.6. The van der Waals surface area contributed by atoms with E-state index in [0.717, 1.165) is 31.2 Å². The standard InChI is InChI=1S/C22H26N4O4/c27-21(16-8-4-10-29-13-16)25-18-12-19(26-22(28)17-9-5-11-30-14-17)24-20(23-18)15-6-2-1-3-7-15/h1-3,6-7,12,16-17H,4-5,8-11,13-14H2,(H2,23,24,25,26,27,28)/t16-,17-/m1/s1. The molecule has 158 valence electrons. The number of hydrogen-bond acceptors (Lipinski definition) is 6. The fraction of sp³-hybridized carbons (Fsp3) is 0.455. The fourth-order valence-electron chi connectivity index (χ4n) is 3.64. The van der Waals surface area contributed by atoms with E-state index < -0.39 is 0 Å². The van der Waals surface area contributed by atoms with E-state index in [0.29, 0.717) is 43.9 Å². The maximum Gasteiger partial charge on any atom is 0.230 e. The van der Waals surface area contributed by atoms with E-state index in [9.17, 15) is 9.59 Å². The summed E-state index contributed by atoms with van der Waals surface area (Å²) in [6.07, 6.45) is 3.30. The summed E-state index contributed by atoms with van der Waals surface area (Å²) in [5, 5.41) is 5.74. The summed E-state index contributed by atoms with van der Waals surface area (Å²) < 4.78 is 10.8. The maximum atomic E-state index is 12.6. The normalized spacial score (nSPS) is 21.6. The first-order valence-electron chi connectivity index (χ1n) is 10.4. The van der Waals surface area contributed by atoms with Crippen LogP contribution >= 0.6 is 0 Å². The van der Waals surface area contributed by atoms with Crippen LogP contribution in [-0.4, -0.2) is 48.2 Å². The molecule has 4 rings (SSSR count). The molecule has 8 nitrogen and oxygen atoms in total. The molecule has 0 saturated carbocycles. The molecule has 0 radical (unpaired) electrons. The molecule has 2 aliphatic rings. The van der Waals surface area contributed by atoms with Gasteiger partial charge in [-0.25, -0.2) is 9.97 Å². The van der Waals surface area contributed by atoms with Gasteiger partial charge in [0.05, 0.1) is 25.0 Å². The number of nitrogens with zero attached hydrogens (tertiary/aromatic N) is 2. The first-order valence-corrected chi connectivity index (χ1v) is 10.4. The second kappa shape index (κ2) is 9.77. The molecular weight excluding hydrogens is 384 g/mol. The third-order valence-electron chi connectivity index (χ3n) is 5.32. The highest BCUT2D eigenvalue weighted by Crippen LogP contribution is 2.23. The molecule has 2 aliphatic heterocycles. The summed E-state index contributed by atoms with van der Waals surface area (Å²) in [7, 11) is 0. The van der Waals surface area contributed by atoms with Gasteiger partial charge in [-0.2, -0.15) is 0 Å². The van der Waals surface area contributed by atoms with Gasteiger partial charge in [-0.1, -0.05) is 30.3 Å². The molecule has 3 heterocycles. The van der Waals surface area contributed by atoms with Gasteiger partial charge < -0.3 is 20.1 Å². The van der Waals surface area contributed by atoms with Gasteiger partial charge in [0.25, 0.3) is 0 Å². The third kappa shape index (κ3) is 5.20. The Kier molecular flexibility index (Phi) is 6.66. The predicted molar refractivity (Wildman–Crippen MR) is 112 cm³/mol. The van der Waals surface area contributed by atoms with Crippen molar-refractivity contribution in [3.8, 4) is 11.4 Å². The molecule has 1 aromatic carbocycles. The van der Waals surface area contributed by atoms with Crippen molar-refractivity contribution in [2.75, 3.05) is 37.1 Å². The molecule has 2 atom stereocenters. The van der Waals surface area contributed by atoms with Crippen LogP contribution in [0.5, 0.6) is 0 Å². The Morgan fingerprint density at radius 1 is 0.833 bits per heavy atom. The van der Waals surface area contributed by atoms with Crippen molar-refractivity contribution >= 4 is 23.5 Å². The lowest BCUT2D eigenvalue weighted by Gasteiger charge is -2.22. The van der Waals surface area contributed by atoms with E-state index in [1.54, 1.807) is 6.07 Å². The average molecular weight is 410 g/mol. The molecule has 2 amide bonds. The zero-order valence-electron chi connectivity index (χ0n) is 16.8. The molecule has 8 heteroatoms. The highest BCUT2D eigenvalue weighted by molar-refractivity contribution is 5.94. The summed E-state index contributed by atoms with van der Waals surface area (Å²) in [4.78, 5) is 34.3. The van der Waals surface area contributed by atoms with Crippen LogP contribution in [0.2, 0.25) is 0 Å². The van der Waals surface area contributed by atoms with Gasteiger partial charge in [-0.05, 0) is 25.7 Å². The van der Waals surface area contributed by atoms with Crippen molar-refractivity contribution in [1.82, 2.24) is 9.97 Å². The summed E-state index contributed by atoms with van der Waals surface area (Å²) in [6, 6.07) is 11.1. The van der Waals surface area contributed by atoms with Gasteiger partial charge in [0.1, 0.15) is 11.6 Å². The Morgan fingerprint density at radius 3 is 1.83 bits per heavy atom. The van der Waals surface area contributed by atoms with Crippen LogP contribution in [0.1, 0.15) is 25.7 Å². The van der Waals surface area contributed by atoms with E-state index in [1.165, 1.54) is 0 Å². The van der Waals surface area contributed by atoms with Crippen LogP contribution in [-0.2, 0) is 19.1 Å². The van der Waals surface area contributed by atoms with Gasteiger partial charge in [0, 0.05) is 24.8 Å². The minimum Gasteiger partial charge on any atom is -0.381 e. The molecular formula is C22H26N4O4. The van der Waals surface area contributed by atoms with Crippen molar-refractivity contribution in [3.63, 3.8) is 0 Å². The molecule has 30 heavy (non-hydrogen) atoms. The lowest BCUT2D eigenvalue weighted by Crippen LogP contribution is -2.31. The van der Waals surface area contributed by atoms with Crippen LogP contribution in [0.25, 0.3) is 11.4 Å². The number of carbonyl (C=O) groups is 2. The number of ether oxygens (including phenoxy) is 2. The number of aromatic nitrogens is 2. The van der Waals surface area contributed by atoms with Gasteiger partial charge in [-0.3, -0.25) is 9.59 Å². The summed E-state index contributed by atoms with van der Waals surface area (Å²) >= 11 is 0. The van der Waals surface area contributed by atoms with Crippen LogP contribution in [0.4, 0.5) is 11.6 Å². The Balaban J connectivity index is 1.56. The number of hydrogen-bond donors (Lipinski definition) is 2. The lowest BCUT2D eigenvalue weighted by atomic mass is 10.0. The van der Waals surface area contributed by atoms with Crippen molar-refractivity contribution in [3.05, 3.63) is 36.4 Å². The van der Waals surface area contributed by atoms with E-state index in [2.05, 4.69) is 20.6 Å². The number of amides is 2. The van der Waals surface area contributed by atoms with Crippen LogP contribution in [0, 0.1) is 11.8 Å². The van der Waals surface area contributed by atoms with E-state index in [4.69, 9.17) is 9.47 Å². The molecule has 2 N–H and O–H groups in total. The SMILES string of the molecule is O=C(Nc1cc(NC(=O)[C@@H]2CCCOC2)nc(-c2ccccc2)n1)[C@@H]1CCCOC1. The van der Waals surface area contributed by atoms with Crippen LogP contribution in [0.3, 0.4) is 0 Å². The number of benzene rings is 1. The van der Waals surface area contributed by atoms with Gasteiger partial charge in [0.2, 0.25) is 11.8 Å². The molecule has 2 fully saturated rings. The number of anilines is 2. The van der Waals surface area contributed by atoms with Crippen LogP contribution in [0.15, 0.2) is 36.4 Å². The van der Waals surface area contributed by atoms with Crippen molar-refractivity contribution < 1.29 is 19.1 Å². The van der Waals surface area contributed by atoms with E-state index >= 15 is 0 Å². The molecule has 0 spiro atoms. The second-order valence-corrected chi connectivity index (χ2v) is 7.63. The number of nitrogens with one attached hydrogen (secondary N) is 2. The van der Waals surface area contributed by atoms with Crippen molar-refractivity contribution in [2.24, 2.45) is 11.8 Å². The van der Waals surface area contributed by atoms with E-state index in [-0.39, 0.29) is 23.7 Å².